The SMILES string of the molecule is NC(=S)N=C(NS)NS. The van der Waals surface area contributed by atoms with E-state index in [4.69, 9.17) is 5.73 Å². The number of thiocarbonyl (C=S) groups is 1. The van der Waals surface area contributed by atoms with Gasteiger partial charge < -0.3 is 15.2 Å². The molecule has 0 aromatic rings. The highest BCUT2D eigenvalue weighted by Gasteiger charge is 1.89. The average Bonchev–Trinajstić information content (AvgIpc) is 1.82. The Bertz CT molecular complexity index is 126. The van der Waals surface area contributed by atoms with Gasteiger partial charge in [-0.2, -0.15) is 4.99 Å². The van der Waals surface area contributed by atoms with E-state index in [1.54, 1.807) is 0 Å². The van der Waals surface area contributed by atoms with E-state index < -0.39 is 0 Å². The van der Waals surface area contributed by atoms with E-state index in [0.29, 0.717) is 5.96 Å². The molecule has 4 nitrogen and oxygen atoms in total. The van der Waals surface area contributed by atoms with Crippen LogP contribution in [-0.2, 0) is 0 Å². The van der Waals surface area contributed by atoms with Crippen molar-refractivity contribution in [3.8, 4) is 0 Å². The summed E-state index contributed by atoms with van der Waals surface area (Å²) in [5.74, 6) is 0.300. The lowest BCUT2D eigenvalue weighted by Crippen LogP contribution is -2.27. The van der Waals surface area contributed by atoms with Crippen molar-refractivity contribution >= 4 is 48.9 Å². The van der Waals surface area contributed by atoms with Crippen LogP contribution in [0.3, 0.4) is 0 Å². The first kappa shape index (κ1) is 8.86. The van der Waals surface area contributed by atoms with Crippen molar-refractivity contribution in [1.29, 1.82) is 0 Å². The fourth-order valence-corrected chi connectivity index (χ4v) is 0.576. The van der Waals surface area contributed by atoms with Crippen LogP contribution in [0.25, 0.3) is 0 Å². The second kappa shape index (κ2) is 4.71. The Hall–Kier alpha value is -0.140. The van der Waals surface area contributed by atoms with Crippen molar-refractivity contribution in [3.05, 3.63) is 0 Å². The van der Waals surface area contributed by atoms with Crippen molar-refractivity contribution in [2.75, 3.05) is 0 Å². The third-order valence-corrected chi connectivity index (χ3v) is 0.949. The molecule has 0 aliphatic rings. The summed E-state index contributed by atoms with van der Waals surface area (Å²) in [7, 11) is 0. The molecule has 0 bridgehead atoms. The van der Waals surface area contributed by atoms with Crippen LogP contribution in [0.5, 0.6) is 0 Å². The molecule has 0 spiro atoms. The van der Waals surface area contributed by atoms with Gasteiger partial charge in [0.25, 0.3) is 0 Å². The van der Waals surface area contributed by atoms with Crippen molar-refractivity contribution in [2.45, 2.75) is 0 Å². The van der Waals surface area contributed by atoms with E-state index >= 15 is 0 Å². The smallest absolute Gasteiger partial charge is 0.218 e. The maximum absolute atomic E-state index is 5.04. The van der Waals surface area contributed by atoms with Gasteiger partial charge in [0.1, 0.15) is 0 Å². The number of rotatable bonds is 0. The van der Waals surface area contributed by atoms with E-state index in [1.807, 2.05) is 0 Å². The van der Waals surface area contributed by atoms with Gasteiger partial charge in [0.15, 0.2) is 5.11 Å². The topological polar surface area (TPSA) is 62.4 Å². The molecule has 0 atom stereocenters. The summed E-state index contributed by atoms with van der Waals surface area (Å²) in [6.07, 6.45) is 0. The number of guanidine groups is 1. The van der Waals surface area contributed by atoms with E-state index in [9.17, 15) is 0 Å². The minimum Gasteiger partial charge on any atom is -0.374 e. The summed E-state index contributed by atoms with van der Waals surface area (Å²) >= 11 is 11.8. The molecule has 0 saturated heterocycles. The second-order valence-corrected chi connectivity index (χ2v) is 1.89. The molecule has 0 radical (unpaired) electrons. The van der Waals surface area contributed by atoms with Gasteiger partial charge in [-0.15, -0.1) is 0 Å². The molecule has 0 rings (SSSR count). The maximum atomic E-state index is 5.04. The predicted molar refractivity (Wildman–Crippen MR) is 48.5 cm³/mol. The molecular weight excluding hydrogens is 176 g/mol. The quantitative estimate of drug-likeness (QED) is 0.151. The lowest BCUT2D eigenvalue weighted by atomic mass is 11.0. The number of hydrogen-bond donors (Lipinski definition) is 5. The van der Waals surface area contributed by atoms with Crippen LogP contribution < -0.4 is 15.2 Å². The van der Waals surface area contributed by atoms with Crippen LogP contribution in [-0.4, -0.2) is 11.1 Å². The summed E-state index contributed by atoms with van der Waals surface area (Å²) < 4.78 is 4.74. The molecule has 0 amide bonds. The molecule has 0 aliphatic heterocycles. The summed E-state index contributed by atoms with van der Waals surface area (Å²) in [5.41, 5.74) is 5.04. The highest BCUT2D eigenvalue weighted by Crippen LogP contribution is 1.74. The van der Waals surface area contributed by atoms with Crippen LogP contribution >= 0.6 is 37.8 Å². The Kier molecular flexibility index (Phi) is 4.64. The van der Waals surface area contributed by atoms with E-state index in [1.165, 1.54) is 0 Å². The fourth-order valence-electron chi connectivity index (χ4n) is 0.185. The summed E-state index contributed by atoms with van der Waals surface area (Å²) in [6, 6.07) is 0. The number of hydrogen-bond acceptors (Lipinski definition) is 3. The highest BCUT2D eigenvalue weighted by atomic mass is 32.1. The molecule has 0 aromatic heterocycles. The molecule has 0 saturated carbocycles. The van der Waals surface area contributed by atoms with Crippen LogP contribution in [0.15, 0.2) is 4.99 Å². The zero-order chi connectivity index (χ0) is 7.28. The Balaban J connectivity index is 3.91. The largest absolute Gasteiger partial charge is 0.374 e. The van der Waals surface area contributed by atoms with Gasteiger partial charge in [0.2, 0.25) is 5.96 Å². The maximum Gasteiger partial charge on any atom is 0.218 e. The lowest BCUT2D eigenvalue weighted by molar-refractivity contribution is 1.34. The first-order valence-corrected chi connectivity index (χ1v) is 3.19. The molecule has 0 aliphatic carbocycles. The monoisotopic (exact) mass is 182 g/mol. The first-order chi connectivity index (χ1) is 4.20. The zero-order valence-corrected chi connectivity index (χ0v) is 6.93. The molecule has 9 heavy (non-hydrogen) atoms. The van der Waals surface area contributed by atoms with Gasteiger partial charge in [-0.25, -0.2) is 0 Å². The number of thiol groups is 2. The van der Waals surface area contributed by atoms with Gasteiger partial charge >= 0.3 is 0 Å². The van der Waals surface area contributed by atoms with Gasteiger partial charge in [-0.3, -0.25) is 0 Å². The van der Waals surface area contributed by atoms with Gasteiger partial charge in [0, 0.05) is 0 Å². The summed E-state index contributed by atoms with van der Waals surface area (Å²) in [6.45, 7) is 0. The molecular formula is C2H6N4S3. The molecule has 7 heteroatoms. The predicted octanol–water partition coefficient (Wildman–Crippen LogP) is -0.545. The second-order valence-electron chi connectivity index (χ2n) is 1.02. The zero-order valence-electron chi connectivity index (χ0n) is 4.33. The molecule has 0 heterocycles. The van der Waals surface area contributed by atoms with Crippen LogP contribution in [0.4, 0.5) is 0 Å². The lowest BCUT2D eigenvalue weighted by Gasteiger charge is -1.98. The molecule has 52 valence electrons. The molecule has 0 unspecified atom stereocenters. The summed E-state index contributed by atoms with van der Waals surface area (Å²) in [4.78, 5) is 3.56. The van der Waals surface area contributed by atoms with Crippen LogP contribution in [0.1, 0.15) is 0 Å². The third-order valence-electron chi connectivity index (χ3n) is 0.434. The average molecular weight is 182 g/mol. The van der Waals surface area contributed by atoms with Gasteiger partial charge in [0.05, 0.1) is 0 Å². The third kappa shape index (κ3) is 4.37. The Morgan fingerprint density at radius 2 is 1.89 bits per heavy atom. The van der Waals surface area contributed by atoms with Crippen molar-refractivity contribution < 1.29 is 0 Å². The Morgan fingerprint density at radius 1 is 1.44 bits per heavy atom. The fraction of sp³-hybridized carbons (Fsp3) is 0. The minimum absolute atomic E-state index is 0.0214. The Labute approximate surface area is 69.4 Å². The number of aliphatic imine (C=N–C) groups is 1. The van der Waals surface area contributed by atoms with Crippen molar-refractivity contribution in [2.24, 2.45) is 10.7 Å². The van der Waals surface area contributed by atoms with E-state index in [2.05, 4.69) is 52.3 Å². The normalized spacial score (nSPS) is 7.78. The number of nitrogens with zero attached hydrogens (tertiary/aromatic N) is 1. The van der Waals surface area contributed by atoms with E-state index in [0.717, 1.165) is 0 Å². The Morgan fingerprint density at radius 3 is 2.00 bits per heavy atom. The summed E-state index contributed by atoms with van der Waals surface area (Å²) in [5, 5.41) is 0.0214. The van der Waals surface area contributed by atoms with Gasteiger partial charge in [-0.1, -0.05) is 25.6 Å². The first-order valence-electron chi connectivity index (χ1n) is 1.89. The number of nitrogens with two attached hydrogens (primary N) is 1. The molecule has 0 fully saturated rings. The van der Waals surface area contributed by atoms with E-state index in [-0.39, 0.29) is 5.11 Å². The molecule has 0 aromatic carbocycles. The molecule has 4 N–H and O–H groups in total. The van der Waals surface area contributed by atoms with Crippen LogP contribution in [0.2, 0.25) is 0 Å². The van der Waals surface area contributed by atoms with Crippen LogP contribution in [0, 0.1) is 0 Å². The van der Waals surface area contributed by atoms with Crippen molar-refractivity contribution in [1.82, 2.24) is 9.44 Å². The highest BCUT2D eigenvalue weighted by molar-refractivity contribution is 7.80. The van der Waals surface area contributed by atoms with Gasteiger partial charge in [-0.05, 0) is 12.2 Å². The minimum atomic E-state index is 0.0214. The number of nitrogens with one attached hydrogen (secondary N) is 2. The standard InChI is InChI=1S/C2H6N4S3/c3-1(7)4-2(5-8)6-9/h8-9H,(H4,3,4,5,6,7). The van der Waals surface area contributed by atoms with Crippen molar-refractivity contribution in [3.63, 3.8) is 0 Å².